The van der Waals surface area contributed by atoms with E-state index in [0.717, 1.165) is 55.9 Å². The van der Waals surface area contributed by atoms with E-state index >= 15 is 0 Å². The number of piperazine rings is 1. The standard InChI is InChI=1S/C22H26N4O/c1-27-19-10-8-18(9-11-19)24-12-14-25(15-13-24)22-23-20-4-2-3-5-21(20)26(22)16-17-6-7-17/h2-5,8-11,17H,6-7,12-16H2,1H3. The van der Waals surface area contributed by atoms with Crippen LogP contribution in [0.15, 0.2) is 48.5 Å². The van der Waals surface area contributed by atoms with Gasteiger partial charge in [-0.25, -0.2) is 4.98 Å². The predicted molar refractivity (Wildman–Crippen MR) is 110 cm³/mol. The molecule has 2 fully saturated rings. The molecule has 0 radical (unpaired) electrons. The molecule has 2 heterocycles. The quantitative estimate of drug-likeness (QED) is 0.692. The fourth-order valence-electron chi connectivity index (χ4n) is 4.00. The van der Waals surface area contributed by atoms with Crippen molar-refractivity contribution in [2.45, 2.75) is 19.4 Å². The summed E-state index contributed by atoms with van der Waals surface area (Å²) in [6.45, 7) is 5.13. The van der Waals surface area contributed by atoms with Gasteiger partial charge in [0.2, 0.25) is 5.95 Å². The van der Waals surface area contributed by atoms with Crippen LogP contribution in [0.3, 0.4) is 0 Å². The Balaban J connectivity index is 1.35. The van der Waals surface area contributed by atoms with Crippen molar-refractivity contribution in [2.75, 3.05) is 43.1 Å². The molecule has 1 saturated heterocycles. The Kier molecular flexibility index (Phi) is 4.15. The van der Waals surface area contributed by atoms with Crippen LogP contribution >= 0.6 is 0 Å². The normalized spacial score (nSPS) is 17.5. The van der Waals surface area contributed by atoms with Crippen LogP contribution in [0.1, 0.15) is 12.8 Å². The molecule has 0 atom stereocenters. The Hall–Kier alpha value is -2.69. The van der Waals surface area contributed by atoms with Crippen molar-refractivity contribution >= 4 is 22.7 Å². The molecule has 140 valence electrons. The molecular formula is C22H26N4O. The van der Waals surface area contributed by atoms with Crippen molar-refractivity contribution in [3.05, 3.63) is 48.5 Å². The van der Waals surface area contributed by atoms with Gasteiger partial charge in [0.05, 0.1) is 18.1 Å². The molecule has 1 aliphatic heterocycles. The van der Waals surface area contributed by atoms with Gasteiger partial charge in [0.15, 0.2) is 0 Å². The second-order valence-corrected chi connectivity index (χ2v) is 7.63. The van der Waals surface area contributed by atoms with Crippen LogP contribution in [0.2, 0.25) is 0 Å². The second-order valence-electron chi connectivity index (χ2n) is 7.63. The van der Waals surface area contributed by atoms with Crippen molar-refractivity contribution in [3.8, 4) is 5.75 Å². The van der Waals surface area contributed by atoms with Crippen LogP contribution in [0.4, 0.5) is 11.6 Å². The van der Waals surface area contributed by atoms with E-state index < -0.39 is 0 Å². The van der Waals surface area contributed by atoms with Crippen molar-refractivity contribution in [1.29, 1.82) is 0 Å². The lowest BCUT2D eigenvalue weighted by Gasteiger charge is -2.36. The molecule has 0 unspecified atom stereocenters. The van der Waals surface area contributed by atoms with Crippen molar-refractivity contribution in [3.63, 3.8) is 0 Å². The van der Waals surface area contributed by atoms with Gasteiger partial charge in [-0.2, -0.15) is 0 Å². The first-order valence-corrected chi connectivity index (χ1v) is 9.91. The molecule has 5 rings (SSSR count). The molecule has 0 amide bonds. The van der Waals surface area contributed by atoms with Gasteiger partial charge in [-0.3, -0.25) is 0 Å². The van der Waals surface area contributed by atoms with E-state index in [4.69, 9.17) is 9.72 Å². The summed E-state index contributed by atoms with van der Waals surface area (Å²) in [7, 11) is 1.71. The predicted octanol–water partition coefficient (Wildman–Crippen LogP) is 3.78. The molecule has 1 saturated carbocycles. The van der Waals surface area contributed by atoms with Gasteiger partial charge < -0.3 is 19.1 Å². The molecule has 1 aliphatic carbocycles. The highest BCUT2D eigenvalue weighted by molar-refractivity contribution is 5.79. The van der Waals surface area contributed by atoms with Crippen LogP contribution in [-0.2, 0) is 6.54 Å². The number of para-hydroxylation sites is 2. The zero-order valence-electron chi connectivity index (χ0n) is 15.8. The van der Waals surface area contributed by atoms with E-state index in [1.54, 1.807) is 7.11 Å². The van der Waals surface area contributed by atoms with E-state index in [1.165, 1.54) is 24.0 Å². The molecule has 3 aromatic rings. The number of hydrogen-bond acceptors (Lipinski definition) is 4. The number of hydrogen-bond donors (Lipinski definition) is 0. The Bertz CT molecular complexity index is 921. The third-order valence-electron chi connectivity index (χ3n) is 5.77. The molecule has 0 spiro atoms. The maximum absolute atomic E-state index is 5.27. The molecular weight excluding hydrogens is 336 g/mol. The third-order valence-corrected chi connectivity index (χ3v) is 5.77. The third kappa shape index (κ3) is 3.22. The first-order valence-electron chi connectivity index (χ1n) is 9.91. The number of nitrogens with zero attached hydrogens (tertiary/aromatic N) is 4. The van der Waals surface area contributed by atoms with Gasteiger partial charge in [0.1, 0.15) is 5.75 Å². The fraction of sp³-hybridized carbons (Fsp3) is 0.409. The highest BCUT2D eigenvalue weighted by atomic mass is 16.5. The average Bonchev–Trinajstić information content (AvgIpc) is 3.48. The summed E-state index contributed by atoms with van der Waals surface area (Å²) in [6, 6.07) is 16.9. The molecule has 2 aliphatic rings. The zero-order valence-corrected chi connectivity index (χ0v) is 15.8. The largest absolute Gasteiger partial charge is 0.497 e. The van der Waals surface area contributed by atoms with Crippen LogP contribution in [-0.4, -0.2) is 42.8 Å². The number of methoxy groups -OCH3 is 1. The van der Waals surface area contributed by atoms with E-state index in [2.05, 4.69) is 50.8 Å². The van der Waals surface area contributed by atoms with Gasteiger partial charge in [-0.15, -0.1) is 0 Å². The van der Waals surface area contributed by atoms with Crippen molar-refractivity contribution in [1.82, 2.24) is 9.55 Å². The summed E-state index contributed by atoms with van der Waals surface area (Å²) in [5, 5.41) is 0. The highest BCUT2D eigenvalue weighted by Gasteiger charge is 2.27. The molecule has 27 heavy (non-hydrogen) atoms. The van der Waals surface area contributed by atoms with E-state index in [9.17, 15) is 0 Å². The van der Waals surface area contributed by atoms with E-state index in [-0.39, 0.29) is 0 Å². The zero-order chi connectivity index (χ0) is 18.2. The molecule has 5 nitrogen and oxygen atoms in total. The van der Waals surface area contributed by atoms with Gasteiger partial charge in [0, 0.05) is 38.4 Å². The maximum Gasteiger partial charge on any atom is 0.206 e. The van der Waals surface area contributed by atoms with Gasteiger partial charge in [0.25, 0.3) is 0 Å². The minimum absolute atomic E-state index is 0.835. The van der Waals surface area contributed by atoms with E-state index in [1.807, 2.05) is 12.1 Å². The number of aromatic nitrogens is 2. The highest BCUT2D eigenvalue weighted by Crippen LogP contribution is 2.34. The topological polar surface area (TPSA) is 33.5 Å². The average molecular weight is 362 g/mol. The minimum atomic E-state index is 0.835. The number of fused-ring (bicyclic) bond motifs is 1. The maximum atomic E-state index is 5.27. The molecule has 2 aromatic carbocycles. The van der Waals surface area contributed by atoms with Crippen LogP contribution in [0.5, 0.6) is 5.75 Å². The Morgan fingerprint density at radius 2 is 1.63 bits per heavy atom. The number of benzene rings is 2. The minimum Gasteiger partial charge on any atom is -0.497 e. The summed E-state index contributed by atoms with van der Waals surface area (Å²) in [5.41, 5.74) is 3.66. The van der Waals surface area contributed by atoms with Crippen LogP contribution < -0.4 is 14.5 Å². The summed E-state index contributed by atoms with van der Waals surface area (Å²) in [6.07, 6.45) is 2.72. The monoisotopic (exact) mass is 362 g/mol. The SMILES string of the molecule is COc1ccc(N2CCN(c3nc4ccccc4n3CC3CC3)CC2)cc1. The second kappa shape index (κ2) is 6.80. The first kappa shape index (κ1) is 16.5. The molecule has 5 heteroatoms. The Labute approximate surface area is 160 Å². The summed E-state index contributed by atoms with van der Waals surface area (Å²) in [5.74, 6) is 2.89. The fourth-order valence-corrected chi connectivity index (χ4v) is 4.00. The number of ether oxygens (including phenoxy) is 1. The van der Waals surface area contributed by atoms with Crippen molar-refractivity contribution in [2.24, 2.45) is 5.92 Å². The van der Waals surface area contributed by atoms with Gasteiger partial charge in [-0.05, 0) is 55.2 Å². The Morgan fingerprint density at radius 3 is 2.33 bits per heavy atom. The Morgan fingerprint density at radius 1 is 0.926 bits per heavy atom. The lowest BCUT2D eigenvalue weighted by molar-refractivity contribution is 0.415. The number of anilines is 2. The smallest absolute Gasteiger partial charge is 0.206 e. The number of rotatable bonds is 5. The lowest BCUT2D eigenvalue weighted by atomic mass is 10.2. The molecule has 0 bridgehead atoms. The van der Waals surface area contributed by atoms with Crippen LogP contribution in [0, 0.1) is 5.92 Å². The summed E-state index contributed by atoms with van der Waals surface area (Å²) >= 11 is 0. The first-order chi connectivity index (χ1) is 13.3. The molecule has 0 N–H and O–H groups in total. The van der Waals surface area contributed by atoms with Gasteiger partial charge in [-0.1, -0.05) is 12.1 Å². The summed E-state index contributed by atoms with van der Waals surface area (Å²) < 4.78 is 7.73. The summed E-state index contributed by atoms with van der Waals surface area (Å²) in [4.78, 5) is 9.90. The van der Waals surface area contributed by atoms with Gasteiger partial charge >= 0.3 is 0 Å². The van der Waals surface area contributed by atoms with Crippen molar-refractivity contribution < 1.29 is 4.74 Å². The lowest BCUT2D eigenvalue weighted by Crippen LogP contribution is -2.47. The van der Waals surface area contributed by atoms with Crippen LogP contribution in [0.25, 0.3) is 11.0 Å². The molecule has 1 aromatic heterocycles. The van der Waals surface area contributed by atoms with E-state index in [0.29, 0.717) is 0 Å². The number of imidazole rings is 1.